The van der Waals surface area contributed by atoms with Crippen molar-refractivity contribution in [2.45, 2.75) is 13.0 Å². The number of aromatic amines is 1. The molecule has 0 fully saturated rings. The summed E-state index contributed by atoms with van der Waals surface area (Å²) in [5.41, 5.74) is 6.16. The first-order valence-corrected chi connectivity index (χ1v) is 9.28. The number of pyridine rings is 1. The molecule has 2 aromatic heterocycles. The van der Waals surface area contributed by atoms with Gasteiger partial charge in [-0.25, -0.2) is 10.5 Å². The SMILES string of the molecule is O=C(/C=C/c1cccc(/C=C/C(=O)N2CCc3[nH]c4ccccc4c3C2)n1)NO. The molecule has 7 heteroatoms. The molecule has 0 aliphatic carbocycles. The van der Waals surface area contributed by atoms with Crippen molar-refractivity contribution in [3.05, 3.63) is 77.3 Å². The van der Waals surface area contributed by atoms with Crippen LogP contribution >= 0.6 is 0 Å². The molecule has 2 amide bonds. The smallest absolute Gasteiger partial charge is 0.267 e. The van der Waals surface area contributed by atoms with Gasteiger partial charge in [-0.3, -0.25) is 14.8 Å². The van der Waals surface area contributed by atoms with Crippen LogP contribution in [0.25, 0.3) is 23.1 Å². The molecule has 0 unspecified atom stereocenters. The molecule has 3 N–H and O–H groups in total. The Kier molecular flexibility index (Phi) is 5.22. The molecule has 0 saturated carbocycles. The molecule has 1 aliphatic rings. The van der Waals surface area contributed by atoms with Gasteiger partial charge >= 0.3 is 0 Å². The highest BCUT2D eigenvalue weighted by molar-refractivity contribution is 5.93. The molecule has 146 valence electrons. The Morgan fingerprint density at radius 2 is 1.83 bits per heavy atom. The third-order valence-corrected chi connectivity index (χ3v) is 4.90. The maximum absolute atomic E-state index is 12.7. The molecule has 7 nitrogen and oxygen atoms in total. The molecule has 1 aromatic carbocycles. The predicted molar refractivity (Wildman–Crippen MR) is 110 cm³/mol. The minimum atomic E-state index is -0.635. The number of fused-ring (bicyclic) bond motifs is 3. The molecule has 0 spiro atoms. The second-order valence-electron chi connectivity index (χ2n) is 6.77. The zero-order valence-electron chi connectivity index (χ0n) is 15.6. The lowest BCUT2D eigenvalue weighted by Gasteiger charge is -2.26. The summed E-state index contributed by atoms with van der Waals surface area (Å²) in [5.74, 6) is -0.701. The summed E-state index contributed by atoms with van der Waals surface area (Å²) in [5, 5.41) is 9.68. The van der Waals surface area contributed by atoms with Crippen molar-refractivity contribution in [1.29, 1.82) is 0 Å². The number of hydrogen-bond acceptors (Lipinski definition) is 4. The lowest BCUT2D eigenvalue weighted by atomic mass is 10.0. The topological polar surface area (TPSA) is 98.3 Å². The minimum Gasteiger partial charge on any atom is -0.358 e. The summed E-state index contributed by atoms with van der Waals surface area (Å²) in [6, 6.07) is 13.4. The Labute approximate surface area is 167 Å². The number of H-pyrrole nitrogens is 1. The van der Waals surface area contributed by atoms with Crippen LogP contribution in [0, 0.1) is 0 Å². The van der Waals surface area contributed by atoms with Crippen LogP contribution in [0.1, 0.15) is 22.6 Å². The van der Waals surface area contributed by atoms with Crippen LogP contribution in [0.2, 0.25) is 0 Å². The highest BCUT2D eigenvalue weighted by Crippen LogP contribution is 2.27. The Hall–Kier alpha value is -3.71. The number of hydroxylamine groups is 1. The summed E-state index contributed by atoms with van der Waals surface area (Å²) >= 11 is 0. The van der Waals surface area contributed by atoms with Gasteiger partial charge in [-0.15, -0.1) is 0 Å². The zero-order valence-corrected chi connectivity index (χ0v) is 15.6. The van der Waals surface area contributed by atoms with E-state index in [9.17, 15) is 9.59 Å². The Morgan fingerprint density at radius 1 is 1.07 bits per heavy atom. The summed E-state index contributed by atoms with van der Waals surface area (Å²) in [4.78, 5) is 33.4. The number of nitrogens with one attached hydrogen (secondary N) is 2. The van der Waals surface area contributed by atoms with Crippen LogP contribution in [-0.4, -0.2) is 38.4 Å². The molecule has 0 bridgehead atoms. The molecular formula is C22H20N4O3. The Bertz CT molecular complexity index is 1130. The van der Waals surface area contributed by atoms with Crippen LogP contribution < -0.4 is 5.48 Å². The number of amides is 2. The average molecular weight is 388 g/mol. The van der Waals surface area contributed by atoms with E-state index in [-0.39, 0.29) is 5.91 Å². The van der Waals surface area contributed by atoms with E-state index in [0.29, 0.717) is 24.5 Å². The molecule has 3 heterocycles. The largest absolute Gasteiger partial charge is 0.358 e. The normalized spacial score (nSPS) is 13.9. The number of nitrogens with zero attached hydrogens (tertiary/aromatic N) is 2. The average Bonchev–Trinajstić information content (AvgIpc) is 3.14. The monoisotopic (exact) mass is 388 g/mol. The summed E-state index contributed by atoms with van der Waals surface area (Å²) in [7, 11) is 0. The van der Waals surface area contributed by atoms with Gasteiger partial charge in [0.1, 0.15) is 0 Å². The van der Waals surface area contributed by atoms with Crippen molar-refractivity contribution in [3.63, 3.8) is 0 Å². The van der Waals surface area contributed by atoms with E-state index in [1.807, 2.05) is 17.0 Å². The van der Waals surface area contributed by atoms with Gasteiger partial charge in [0.15, 0.2) is 0 Å². The predicted octanol–water partition coefficient (Wildman–Crippen LogP) is 2.68. The van der Waals surface area contributed by atoms with Crippen LogP contribution in [0.4, 0.5) is 0 Å². The highest BCUT2D eigenvalue weighted by atomic mass is 16.5. The quantitative estimate of drug-likeness (QED) is 0.364. The summed E-state index contributed by atoms with van der Waals surface area (Å²) in [6.45, 7) is 1.24. The molecule has 3 aromatic rings. The molecule has 0 atom stereocenters. The van der Waals surface area contributed by atoms with E-state index in [1.54, 1.807) is 24.3 Å². The fraction of sp³-hybridized carbons (Fsp3) is 0.136. The maximum atomic E-state index is 12.7. The first kappa shape index (κ1) is 18.6. The third kappa shape index (κ3) is 4.09. The third-order valence-electron chi connectivity index (χ3n) is 4.90. The van der Waals surface area contributed by atoms with Gasteiger partial charge in [-0.2, -0.15) is 0 Å². The number of para-hydroxylation sites is 1. The minimum absolute atomic E-state index is 0.0664. The molecular weight excluding hydrogens is 368 g/mol. The van der Waals surface area contributed by atoms with E-state index in [4.69, 9.17) is 5.21 Å². The standard InChI is InChI=1S/C22H20N4O3/c27-21(25-29)10-8-15-4-3-5-16(23-15)9-11-22(28)26-13-12-20-18(14-26)17-6-1-2-7-19(17)24-20/h1-11,24,29H,12-14H2,(H,25,27)/b10-8+,11-9+. The number of aromatic nitrogens is 2. The fourth-order valence-electron chi connectivity index (χ4n) is 3.47. The van der Waals surface area contributed by atoms with Crippen molar-refractivity contribution < 1.29 is 14.8 Å². The van der Waals surface area contributed by atoms with Gasteiger partial charge in [0.2, 0.25) is 5.91 Å². The lowest BCUT2D eigenvalue weighted by Crippen LogP contribution is -2.34. The summed E-state index contributed by atoms with van der Waals surface area (Å²) < 4.78 is 0. The van der Waals surface area contributed by atoms with Gasteiger partial charge in [-0.05, 0) is 30.4 Å². The van der Waals surface area contributed by atoms with Gasteiger partial charge in [0.05, 0.1) is 11.4 Å². The second-order valence-corrected chi connectivity index (χ2v) is 6.77. The lowest BCUT2D eigenvalue weighted by molar-refractivity contribution is -0.127. The molecule has 0 radical (unpaired) electrons. The van der Waals surface area contributed by atoms with Crippen LogP contribution in [-0.2, 0) is 22.6 Å². The van der Waals surface area contributed by atoms with Crippen molar-refractivity contribution in [1.82, 2.24) is 20.3 Å². The molecule has 4 rings (SSSR count). The Balaban J connectivity index is 1.46. The molecule has 29 heavy (non-hydrogen) atoms. The van der Waals surface area contributed by atoms with Gasteiger partial charge in [-0.1, -0.05) is 24.3 Å². The van der Waals surface area contributed by atoms with E-state index in [2.05, 4.69) is 22.1 Å². The van der Waals surface area contributed by atoms with E-state index >= 15 is 0 Å². The summed E-state index contributed by atoms with van der Waals surface area (Å²) in [6.07, 6.45) is 6.64. The molecule has 0 saturated heterocycles. The van der Waals surface area contributed by atoms with E-state index < -0.39 is 5.91 Å². The first-order valence-electron chi connectivity index (χ1n) is 9.28. The van der Waals surface area contributed by atoms with Crippen LogP contribution in [0.3, 0.4) is 0 Å². The number of hydrogen-bond donors (Lipinski definition) is 3. The van der Waals surface area contributed by atoms with Crippen molar-refractivity contribution >= 4 is 34.9 Å². The van der Waals surface area contributed by atoms with Gasteiger partial charge in [0, 0.05) is 53.8 Å². The zero-order chi connectivity index (χ0) is 20.2. The Morgan fingerprint density at radius 3 is 2.62 bits per heavy atom. The van der Waals surface area contributed by atoms with E-state index in [0.717, 1.165) is 17.3 Å². The maximum Gasteiger partial charge on any atom is 0.267 e. The number of rotatable bonds is 4. The van der Waals surface area contributed by atoms with Gasteiger partial charge < -0.3 is 9.88 Å². The van der Waals surface area contributed by atoms with E-state index in [1.165, 1.54) is 35.0 Å². The van der Waals surface area contributed by atoms with Crippen molar-refractivity contribution in [2.24, 2.45) is 0 Å². The van der Waals surface area contributed by atoms with Gasteiger partial charge in [0.25, 0.3) is 5.91 Å². The highest BCUT2D eigenvalue weighted by Gasteiger charge is 2.22. The van der Waals surface area contributed by atoms with Crippen LogP contribution in [0.5, 0.6) is 0 Å². The van der Waals surface area contributed by atoms with Crippen LogP contribution in [0.15, 0.2) is 54.6 Å². The van der Waals surface area contributed by atoms with Crippen molar-refractivity contribution in [3.8, 4) is 0 Å². The number of carbonyl (C=O) groups excluding carboxylic acids is 2. The fourth-order valence-corrected chi connectivity index (χ4v) is 3.47. The first-order chi connectivity index (χ1) is 14.1. The van der Waals surface area contributed by atoms with Crippen molar-refractivity contribution in [2.75, 3.05) is 6.54 Å². The number of carbonyl (C=O) groups is 2. The number of benzene rings is 1. The second kappa shape index (κ2) is 8.12. The molecule has 1 aliphatic heterocycles.